The highest BCUT2D eigenvalue weighted by atomic mass is 79.9. The molecule has 0 aliphatic heterocycles. The zero-order chi connectivity index (χ0) is 19.5. The Morgan fingerprint density at radius 1 is 0.607 bits per heavy atom. The Kier molecular flexibility index (Phi) is 5.46. The maximum atomic E-state index is 13.4. The summed E-state index contributed by atoms with van der Waals surface area (Å²) >= 11 is 6.89. The highest BCUT2D eigenvalue weighted by Gasteiger charge is 2.21. The van der Waals surface area contributed by atoms with Crippen LogP contribution in [0.15, 0.2) is 94.1 Å². The van der Waals surface area contributed by atoms with E-state index in [0.717, 1.165) is 31.2 Å². The summed E-state index contributed by atoms with van der Waals surface area (Å²) in [4.78, 5) is 22.2. The Labute approximate surface area is 179 Å². The van der Waals surface area contributed by atoms with E-state index in [9.17, 15) is 4.79 Å². The molecule has 0 radical (unpaired) electrons. The van der Waals surface area contributed by atoms with Crippen molar-refractivity contribution in [3.63, 3.8) is 0 Å². The van der Waals surface area contributed by atoms with Crippen LogP contribution in [-0.4, -0.2) is 15.8 Å². The third-order valence-corrected chi connectivity index (χ3v) is 5.41. The molecule has 0 fully saturated rings. The normalized spacial score (nSPS) is 10.6. The fraction of sp³-hybridized carbons (Fsp3) is 0. The van der Waals surface area contributed by atoms with E-state index in [4.69, 9.17) is 0 Å². The zero-order valence-electron chi connectivity index (χ0n) is 14.6. The number of ketones is 1. The number of nitrogens with zero attached hydrogens (tertiary/aromatic N) is 2. The van der Waals surface area contributed by atoms with E-state index < -0.39 is 0 Å². The van der Waals surface area contributed by atoms with Gasteiger partial charge in [-0.15, -0.1) is 0 Å². The molecule has 0 spiro atoms. The number of halogens is 2. The molecule has 2 aromatic carbocycles. The van der Waals surface area contributed by atoms with E-state index in [1.54, 1.807) is 12.4 Å². The smallest absolute Gasteiger partial charge is 0.230 e. The fourth-order valence-electron chi connectivity index (χ4n) is 3.01. The van der Waals surface area contributed by atoms with Crippen molar-refractivity contribution in [1.29, 1.82) is 0 Å². The third-order valence-electron chi connectivity index (χ3n) is 4.36. The van der Waals surface area contributed by atoms with Crippen LogP contribution < -0.4 is 0 Å². The number of carbonyl (C=O) groups excluding carboxylic acids is 1. The molecule has 4 rings (SSSR count). The second-order valence-electron chi connectivity index (χ2n) is 6.14. The summed E-state index contributed by atoms with van der Waals surface area (Å²) in [7, 11) is 0. The highest BCUT2D eigenvalue weighted by molar-refractivity contribution is 9.10. The summed E-state index contributed by atoms with van der Waals surface area (Å²) in [5.74, 6) is -0.197. The van der Waals surface area contributed by atoms with Crippen LogP contribution in [0, 0.1) is 0 Å². The van der Waals surface area contributed by atoms with Crippen LogP contribution in [0.2, 0.25) is 0 Å². The van der Waals surface area contributed by atoms with Gasteiger partial charge in [-0.25, -0.2) is 0 Å². The number of carbonyl (C=O) groups is 1. The first-order valence-electron chi connectivity index (χ1n) is 8.60. The van der Waals surface area contributed by atoms with Crippen LogP contribution in [0.5, 0.6) is 0 Å². The molecule has 0 amide bonds. The van der Waals surface area contributed by atoms with E-state index >= 15 is 0 Å². The van der Waals surface area contributed by atoms with E-state index in [-0.39, 0.29) is 5.78 Å². The molecular weight excluding hydrogens is 480 g/mol. The molecule has 2 heterocycles. The van der Waals surface area contributed by atoms with Crippen molar-refractivity contribution in [2.24, 2.45) is 0 Å². The minimum Gasteiger partial charge on any atom is -0.285 e. The molecule has 0 unspecified atom stereocenters. The minimum absolute atomic E-state index is 0.197. The lowest BCUT2D eigenvalue weighted by Gasteiger charge is -2.11. The van der Waals surface area contributed by atoms with Crippen molar-refractivity contribution in [1.82, 2.24) is 9.97 Å². The van der Waals surface area contributed by atoms with Crippen LogP contribution >= 0.6 is 31.9 Å². The average molecular weight is 494 g/mol. The summed E-state index contributed by atoms with van der Waals surface area (Å²) in [6, 6.07) is 23.1. The van der Waals surface area contributed by atoms with E-state index in [2.05, 4.69) is 41.8 Å². The largest absolute Gasteiger partial charge is 0.285 e. The quantitative estimate of drug-likeness (QED) is 0.302. The molecule has 0 N–H and O–H groups in total. The van der Waals surface area contributed by atoms with Gasteiger partial charge < -0.3 is 0 Å². The molecule has 2 aromatic heterocycles. The fourth-order valence-corrected chi connectivity index (χ4v) is 3.54. The highest BCUT2D eigenvalue weighted by Crippen LogP contribution is 2.29. The molecule has 5 heteroatoms. The number of pyridine rings is 2. The predicted molar refractivity (Wildman–Crippen MR) is 118 cm³/mol. The summed E-state index contributed by atoms with van der Waals surface area (Å²) in [5, 5.41) is 0. The zero-order valence-corrected chi connectivity index (χ0v) is 17.8. The number of hydrogen-bond acceptors (Lipinski definition) is 3. The summed E-state index contributed by atoms with van der Waals surface area (Å²) in [6.45, 7) is 0. The monoisotopic (exact) mass is 492 g/mol. The molecule has 0 atom stereocenters. The van der Waals surface area contributed by atoms with Crippen LogP contribution in [0.25, 0.3) is 22.3 Å². The van der Waals surface area contributed by atoms with Crippen molar-refractivity contribution in [2.45, 2.75) is 0 Å². The maximum Gasteiger partial charge on any atom is 0.230 e. The van der Waals surface area contributed by atoms with Gasteiger partial charge in [0.1, 0.15) is 11.4 Å². The Hall–Kier alpha value is -2.63. The van der Waals surface area contributed by atoms with Crippen LogP contribution in [0.4, 0.5) is 0 Å². The molecular formula is C23H14Br2N2O. The number of benzene rings is 2. The molecule has 0 bridgehead atoms. The lowest BCUT2D eigenvalue weighted by molar-refractivity contribution is 0.103. The molecule has 4 aromatic rings. The first-order valence-corrected chi connectivity index (χ1v) is 10.2. The van der Waals surface area contributed by atoms with Crippen LogP contribution in [0.3, 0.4) is 0 Å². The Balaban J connectivity index is 1.82. The first-order chi connectivity index (χ1) is 13.6. The van der Waals surface area contributed by atoms with Gasteiger partial charge in [0.05, 0.1) is 0 Å². The van der Waals surface area contributed by atoms with E-state index in [0.29, 0.717) is 11.4 Å². The second kappa shape index (κ2) is 8.17. The predicted octanol–water partition coefficient (Wildman–Crippen LogP) is 6.57. The van der Waals surface area contributed by atoms with Gasteiger partial charge >= 0.3 is 0 Å². The Morgan fingerprint density at radius 2 is 1.00 bits per heavy atom. The van der Waals surface area contributed by atoms with E-state index in [1.165, 1.54) is 0 Å². The van der Waals surface area contributed by atoms with Gasteiger partial charge in [0.25, 0.3) is 0 Å². The molecule has 28 heavy (non-hydrogen) atoms. The number of aromatic nitrogens is 2. The van der Waals surface area contributed by atoms with Gasteiger partial charge in [-0.2, -0.15) is 0 Å². The van der Waals surface area contributed by atoms with Crippen molar-refractivity contribution in [3.05, 3.63) is 106 Å². The minimum atomic E-state index is -0.197. The Morgan fingerprint density at radius 3 is 1.39 bits per heavy atom. The molecule has 136 valence electrons. The molecule has 0 saturated carbocycles. The van der Waals surface area contributed by atoms with Crippen molar-refractivity contribution in [2.75, 3.05) is 0 Å². The van der Waals surface area contributed by atoms with Crippen molar-refractivity contribution >= 4 is 37.6 Å². The van der Waals surface area contributed by atoms with Gasteiger partial charge in [-0.1, -0.05) is 68.3 Å². The molecule has 0 aliphatic rings. The molecule has 0 saturated heterocycles. The van der Waals surface area contributed by atoms with Gasteiger partial charge in [0.2, 0.25) is 5.78 Å². The topological polar surface area (TPSA) is 42.9 Å². The summed E-state index contributed by atoms with van der Waals surface area (Å²) in [6.07, 6.45) is 3.27. The average Bonchev–Trinajstić information content (AvgIpc) is 2.74. The number of hydrogen-bond donors (Lipinski definition) is 0. The second-order valence-corrected chi connectivity index (χ2v) is 7.97. The van der Waals surface area contributed by atoms with Gasteiger partial charge in [0.15, 0.2) is 0 Å². The molecule has 0 aliphatic carbocycles. The molecule has 3 nitrogen and oxygen atoms in total. The van der Waals surface area contributed by atoms with E-state index in [1.807, 2.05) is 72.8 Å². The van der Waals surface area contributed by atoms with Crippen LogP contribution in [-0.2, 0) is 0 Å². The van der Waals surface area contributed by atoms with Crippen LogP contribution in [0.1, 0.15) is 16.2 Å². The lowest BCUT2D eigenvalue weighted by atomic mass is 9.96. The standard InChI is InChI=1S/C23H14Br2N2O/c24-17-9-5-15(6-10-17)19-3-1-13-26-21(19)23(28)22-20(4-2-14-27-22)16-7-11-18(25)12-8-16/h1-14H. The summed E-state index contributed by atoms with van der Waals surface area (Å²) < 4.78 is 1.96. The van der Waals surface area contributed by atoms with Crippen molar-refractivity contribution in [3.8, 4) is 22.3 Å². The third kappa shape index (κ3) is 3.81. The van der Waals surface area contributed by atoms with Gasteiger partial charge in [0, 0.05) is 32.5 Å². The number of rotatable bonds is 4. The first kappa shape index (κ1) is 18.7. The SMILES string of the molecule is O=C(c1ncccc1-c1ccc(Br)cc1)c1ncccc1-c1ccc(Br)cc1. The van der Waals surface area contributed by atoms with Gasteiger partial charge in [-0.3, -0.25) is 14.8 Å². The van der Waals surface area contributed by atoms with Crippen molar-refractivity contribution < 1.29 is 4.79 Å². The lowest BCUT2D eigenvalue weighted by Crippen LogP contribution is -2.10. The van der Waals surface area contributed by atoms with Gasteiger partial charge in [-0.05, 0) is 47.5 Å². The summed E-state index contributed by atoms with van der Waals surface area (Å²) in [5.41, 5.74) is 4.21. The maximum absolute atomic E-state index is 13.4. The Bertz CT molecular complexity index is 1050.